The lowest BCUT2D eigenvalue weighted by molar-refractivity contribution is -0.121. The van der Waals surface area contributed by atoms with Gasteiger partial charge in [0.05, 0.1) is 6.54 Å². The van der Waals surface area contributed by atoms with E-state index < -0.39 is 0 Å². The van der Waals surface area contributed by atoms with Gasteiger partial charge in [-0.25, -0.2) is 0 Å². The molecule has 1 aliphatic carbocycles. The molecule has 0 aromatic carbocycles. The molecule has 3 atom stereocenters. The van der Waals surface area contributed by atoms with Gasteiger partial charge in [0.15, 0.2) is 0 Å². The van der Waals surface area contributed by atoms with E-state index in [0.29, 0.717) is 12.6 Å². The Bertz CT molecular complexity index is 235. The van der Waals surface area contributed by atoms with Crippen molar-refractivity contribution in [2.75, 3.05) is 12.3 Å². The predicted molar refractivity (Wildman–Crippen MR) is 75.5 cm³/mol. The standard InChI is InChI=1S/C13H26N2OS/c1-4-10(3)15-13(16)9-14-11-6-7-12(8-11)17-5-2/h10-12,14H,4-9H2,1-3H3,(H,15,16). The second kappa shape index (κ2) is 7.98. The fourth-order valence-corrected chi connectivity index (χ4v) is 3.32. The Balaban J connectivity index is 2.13. The zero-order chi connectivity index (χ0) is 12.7. The maximum absolute atomic E-state index is 11.6. The van der Waals surface area contributed by atoms with Gasteiger partial charge in [-0.05, 0) is 38.4 Å². The molecule has 17 heavy (non-hydrogen) atoms. The summed E-state index contributed by atoms with van der Waals surface area (Å²) in [6.45, 7) is 6.81. The zero-order valence-corrected chi connectivity index (χ0v) is 12.1. The molecule has 0 bridgehead atoms. The van der Waals surface area contributed by atoms with E-state index in [9.17, 15) is 4.79 Å². The first kappa shape index (κ1) is 14.8. The third-order valence-electron chi connectivity index (χ3n) is 3.36. The van der Waals surface area contributed by atoms with Crippen molar-refractivity contribution >= 4 is 17.7 Å². The van der Waals surface area contributed by atoms with E-state index >= 15 is 0 Å². The molecule has 0 heterocycles. The Morgan fingerprint density at radius 1 is 1.41 bits per heavy atom. The number of thioether (sulfide) groups is 1. The molecule has 1 amide bonds. The highest BCUT2D eigenvalue weighted by molar-refractivity contribution is 7.99. The SMILES string of the molecule is CCSC1CCC(NCC(=O)NC(C)CC)C1. The fraction of sp³-hybridized carbons (Fsp3) is 0.923. The van der Waals surface area contributed by atoms with E-state index in [1.54, 1.807) is 0 Å². The van der Waals surface area contributed by atoms with Crippen LogP contribution in [0.15, 0.2) is 0 Å². The Hall–Kier alpha value is -0.220. The molecule has 4 heteroatoms. The number of carbonyl (C=O) groups excluding carboxylic acids is 1. The number of carbonyl (C=O) groups is 1. The summed E-state index contributed by atoms with van der Waals surface area (Å²) in [5.74, 6) is 1.33. The van der Waals surface area contributed by atoms with Crippen LogP contribution in [0.4, 0.5) is 0 Å². The first-order valence-corrected chi connectivity index (χ1v) is 7.84. The quantitative estimate of drug-likeness (QED) is 0.735. The van der Waals surface area contributed by atoms with Gasteiger partial charge in [0.25, 0.3) is 0 Å². The number of nitrogens with one attached hydrogen (secondary N) is 2. The van der Waals surface area contributed by atoms with Crippen molar-refractivity contribution in [2.24, 2.45) is 0 Å². The summed E-state index contributed by atoms with van der Waals surface area (Å²) in [4.78, 5) is 11.6. The minimum absolute atomic E-state index is 0.131. The molecule has 1 aliphatic rings. The maximum Gasteiger partial charge on any atom is 0.234 e. The molecule has 0 aliphatic heterocycles. The highest BCUT2D eigenvalue weighted by Gasteiger charge is 2.24. The van der Waals surface area contributed by atoms with Crippen molar-refractivity contribution in [1.29, 1.82) is 0 Å². The average Bonchev–Trinajstić information content (AvgIpc) is 2.74. The van der Waals surface area contributed by atoms with Crippen LogP contribution in [0.5, 0.6) is 0 Å². The van der Waals surface area contributed by atoms with Crippen LogP contribution in [0.1, 0.15) is 46.5 Å². The van der Waals surface area contributed by atoms with Crippen molar-refractivity contribution in [3.63, 3.8) is 0 Å². The highest BCUT2D eigenvalue weighted by Crippen LogP contribution is 2.29. The van der Waals surface area contributed by atoms with Crippen LogP contribution in [0.3, 0.4) is 0 Å². The number of rotatable bonds is 7. The summed E-state index contributed by atoms with van der Waals surface area (Å²) in [5.41, 5.74) is 0. The van der Waals surface area contributed by atoms with Crippen LogP contribution in [0, 0.1) is 0 Å². The maximum atomic E-state index is 11.6. The van der Waals surface area contributed by atoms with Gasteiger partial charge in [0.1, 0.15) is 0 Å². The summed E-state index contributed by atoms with van der Waals surface area (Å²) in [5, 5.41) is 7.16. The van der Waals surface area contributed by atoms with Crippen LogP contribution >= 0.6 is 11.8 Å². The van der Waals surface area contributed by atoms with Gasteiger partial charge in [0, 0.05) is 17.3 Å². The van der Waals surface area contributed by atoms with Crippen LogP contribution in [0.25, 0.3) is 0 Å². The van der Waals surface area contributed by atoms with Gasteiger partial charge in [0.2, 0.25) is 5.91 Å². The monoisotopic (exact) mass is 258 g/mol. The van der Waals surface area contributed by atoms with Gasteiger partial charge < -0.3 is 10.6 Å². The summed E-state index contributed by atoms with van der Waals surface area (Å²) < 4.78 is 0. The number of hydrogen-bond donors (Lipinski definition) is 2. The van der Waals surface area contributed by atoms with Gasteiger partial charge in [-0.15, -0.1) is 0 Å². The summed E-state index contributed by atoms with van der Waals surface area (Å²) in [7, 11) is 0. The third kappa shape index (κ3) is 5.77. The van der Waals surface area contributed by atoms with Gasteiger partial charge >= 0.3 is 0 Å². The van der Waals surface area contributed by atoms with Crippen LogP contribution in [-0.4, -0.2) is 35.5 Å². The lowest BCUT2D eigenvalue weighted by atomic mass is 10.2. The van der Waals surface area contributed by atoms with E-state index in [-0.39, 0.29) is 11.9 Å². The molecule has 0 aromatic rings. The lowest BCUT2D eigenvalue weighted by Crippen LogP contribution is -2.41. The Morgan fingerprint density at radius 3 is 2.82 bits per heavy atom. The fourth-order valence-electron chi connectivity index (χ4n) is 2.18. The summed E-state index contributed by atoms with van der Waals surface area (Å²) in [6.07, 6.45) is 4.72. The summed E-state index contributed by atoms with van der Waals surface area (Å²) in [6, 6.07) is 0.831. The van der Waals surface area contributed by atoms with Gasteiger partial charge in [-0.1, -0.05) is 13.8 Å². The molecule has 1 saturated carbocycles. The normalized spacial score (nSPS) is 25.8. The van der Waals surface area contributed by atoms with Gasteiger partial charge in [-0.2, -0.15) is 11.8 Å². The molecule has 0 aromatic heterocycles. The zero-order valence-electron chi connectivity index (χ0n) is 11.3. The van der Waals surface area contributed by atoms with Crippen LogP contribution in [0.2, 0.25) is 0 Å². The first-order chi connectivity index (χ1) is 8.15. The third-order valence-corrected chi connectivity index (χ3v) is 4.59. The van der Waals surface area contributed by atoms with E-state index in [0.717, 1.165) is 11.7 Å². The molecule has 0 spiro atoms. The molecule has 0 radical (unpaired) electrons. The molecule has 2 N–H and O–H groups in total. The molecule has 3 unspecified atom stereocenters. The Kier molecular flexibility index (Phi) is 6.97. The number of hydrogen-bond acceptors (Lipinski definition) is 3. The van der Waals surface area contributed by atoms with Crippen LogP contribution in [-0.2, 0) is 4.79 Å². The van der Waals surface area contributed by atoms with Crippen molar-refractivity contribution in [2.45, 2.75) is 63.8 Å². The summed E-state index contributed by atoms with van der Waals surface area (Å²) >= 11 is 2.05. The topological polar surface area (TPSA) is 41.1 Å². The lowest BCUT2D eigenvalue weighted by Gasteiger charge is -2.15. The Labute approximate surface area is 109 Å². The molecule has 0 saturated heterocycles. The molecular formula is C13H26N2OS. The minimum atomic E-state index is 0.131. The van der Waals surface area contributed by atoms with Crippen molar-refractivity contribution in [1.82, 2.24) is 10.6 Å². The second-order valence-electron chi connectivity index (χ2n) is 4.85. The minimum Gasteiger partial charge on any atom is -0.353 e. The van der Waals surface area contributed by atoms with Crippen molar-refractivity contribution < 1.29 is 4.79 Å². The molecule has 3 nitrogen and oxygen atoms in total. The van der Waals surface area contributed by atoms with E-state index in [2.05, 4.69) is 36.2 Å². The van der Waals surface area contributed by atoms with Crippen molar-refractivity contribution in [3.8, 4) is 0 Å². The molecule has 100 valence electrons. The smallest absolute Gasteiger partial charge is 0.234 e. The van der Waals surface area contributed by atoms with Crippen molar-refractivity contribution in [3.05, 3.63) is 0 Å². The van der Waals surface area contributed by atoms with Gasteiger partial charge in [-0.3, -0.25) is 4.79 Å². The van der Waals surface area contributed by atoms with Crippen LogP contribution < -0.4 is 10.6 Å². The molecule has 1 rings (SSSR count). The molecular weight excluding hydrogens is 232 g/mol. The number of amides is 1. The first-order valence-electron chi connectivity index (χ1n) is 6.80. The average molecular weight is 258 g/mol. The highest BCUT2D eigenvalue weighted by atomic mass is 32.2. The second-order valence-corrected chi connectivity index (χ2v) is 6.42. The predicted octanol–water partition coefficient (Wildman–Crippen LogP) is 2.16. The van der Waals surface area contributed by atoms with E-state index in [1.807, 2.05) is 6.92 Å². The van der Waals surface area contributed by atoms with E-state index in [1.165, 1.54) is 25.0 Å². The molecule has 1 fully saturated rings. The largest absolute Gasteiger partial charge is 0.353 e. The van der Waals surface area contributed by atoms with E-state index in [4.69, 9.17) is 0 Å². The Morgan fingerprint density at radius 2 is 2.18 bits per heavy atom.